The summed E-state index contributed by atoms with van der Waals surface area (Å²) in [7, 11) is 1.66. The molecular weight excluding hydrogens is 250 g/mol. The monoisotopic (exact) mass is 287 g/mol. The zero-order chi connectivity index (χ0) is 15.1. The van der Waals surface area contributed by atoms with Crippen molar-refractivity contribution < 1.29 is 9.75 Å². The first-order valence-electron chi connectivity index (χ1n) is 8.79. The maximum Gasteiger partial charge on any atom is 0.102 e. The van der Waals surface area contributed by atoms with E-state index < -0.39 is 0 Å². The summed E-state index contributed by atoms with van der Waals surface area (Å²) in [5.41, 5.74) is 0. The fourth-order valence-corrected chi connectivity index (χ4v) is 2.61. The molecule has 0 aliphatic rings. The SMILES string of the molecule is CCCCCCCCCCCCCC[N+](C)([O-])CCO. The van der Waals surface area contributed by atoms with Gasteiger partial charge in [-0.2, -0.15) is 0 Å². The summed E-state index contributed by atoms with van der Waals surface area (Å²) in [5, 5.41) is 20.5. The van der Waals surface area contributed by atoms with E-state index in [4.69, 9.17) is 5.11 Å². The van der Waals surface area contributed by atoms with E-state index in [1.54, 1.807) is 7.05 Å². The van der Waals surface area contributed by atoms with E-state index in [0.717, 1.165) is 12.8 Å². The number of hydroxylamine groups is 3. The largest absolute Gasteiger partial charge is 0.633 e. The molecule has 122 valence electrons. The summed E-state index contributed by atoms with van der Waals surface area (Å²) in [4.78, 5) is 0. The first-order chi connectivity index (χ1) is 9.62. The number of aliphatic hydroxyl groups is 1. The highest BCUT2D eigenvalue weighted by Gasteiger charge is 2.07. The molecule has 1 atom stereocenters. The smallest absolute Gasteiger partial charge is 0.102 e. The maximum atomic E-state index is 11.8. The van der Waals surface area contributed by atoms with Crippen LogP contribution in [0.5, 0.6) is 0 Å². The molecule has 1 unspecified atom stereocenters. The molecule has 1 N–H and O–H groups in total. The van der Waals surface area contributed by atoms with E-state index in [-0.39, 0.29) is 11.3 Å². The molecule has 0 aromatic carbocycles. The van der Waals surface area contributed by atoms with Crippen LogP contribution in [0.1, 0.15) is 84.0 Å². The molecule has 20 heavy (non-hydrogen) atoms. The van der Waals surface area contributed by atoms with Gasteiger partial charge in [0.15, 0.2) is 0 Å². The van der Waals surface area contributed by atoms with E-state index in [1.165, 1.54) is 64.2 Å². The third kappa shape index (κ3) is 14.3. The van der Waals surface area contributed by atoms with Gasteiger partial charge in [-0.3, -0.25) is 0 Å². The molecule has 0 fully saturated rings. The number of quaternary nitrogens is 1. The lowest BCUT2D eigenvalue weighted by Crippen LogP contribution is -2.40. The van der Waals surface area contributed by atoms with E-state index in [1.807, 2.05) is 0 Å². The molecule has 0 aromatic heterocycles. The van der Waals surface area contributed by atoms with E-state index in [0.29, 0.717) is 13.1 Å². The second kappa shape index (κ2) is 13.8. The number of likely N-dealkylation sites (N-methyl/N-ethyl adjacent to an activating group) is 1. The molecule has 0 aliphatic carbocycles. The van der Waals surface area contributed by atoms with Crippen LogP contribution in [0.3, 0.4) is 0 Å². The fraction of sp³-hybridized carbons (Fsp3) is 1.00. The fourth-order valence-electron chi connectivity index (χ4n) is 2.61. The topological polar surface area (TPSA) is 43.3 Å². The molecule has 0 heterocycles. The Kier molecular flexibility index (Phi) is 13.8. The standard InChI is InChI=1S/C17H37NO2/c1-3-4-5-6-7-8-9-10-11-12-13-14-15-18(2,20)16-17-19/h19H,3-17H2,1-2H3. The Balaban J connectivity index is 3.13. The van der Waals surface area contributed by atoms with Crippen molar-refractivity contribution in [3.63, 3.8) is 0 Å². The number of nitrogens with zero attached hydrogens (tertiary/aromatic N) is 1. The maximum absolute atomic E-state index is 11.8. The summed E-state index contributed by atoms with van der Waals surface area (Å²) in [6, 6.07) is 0. The van der Waals surface area contributed by atoms with Crippen molar-refractivity contribution in [2.24, 2.45) is 0 Å². The van der Waals surface area contributed by atoms with Crippen LogP contribution in [0, 0.1) is 5.21 Å². The van der Waals surface area contributed by atoms with Gasteiger partial charge in [0.25, 0.3) is 0 Å². The molecule has 0 saturated heterocycles. The highest BCUT2D eigenvalue weighted by molar-refractivity contribution is 4.49. The van der Waals surface area contributed by atoms with Gasteiger partial charge in [0.05, 0.1) is 20.2 Å². The van der Waals surface area contributed by atoms with Gasteiger partial charge in [-0.05, 0) is 12.8 Å². The highest BCUT2D eigenvalue weighted by Crippen LogP contribution is 2.12. The summed E-state index contributed by atoms with van der Waals surface area (Å²) in [6.07, 6.45) is 15.8. The van der Waals surface area contributed by atoms with Gasteiger partial charge in [0.2, 0.25) is 0 Å². The van der Waals surface area contributed by atoms with Gasteiger partial charge in [-0.1, -0.05) is 71.1 Å². The molecular formula is C17H37NO2. The molecule has 0 saturated carbocycles. The van der Waals surface area contributed by atoms with Crippen LogP contribution in [-0.4, -0.2) is 36.5 Å². The lowest BCUT2D eigenvalue weighted by Gasteiger charge is -2.38. The van der Waals surface area contributed by atoms with Crippen molar-refractivity contribution in [3.05, 3.63) is 5.21 Å². The van der Waals surface area contributed by atoms with Crippen molar-refractivity contribution in [1.29, 1.82) is 0 Å². The summed E-state index contributed by atoms with van der Waals surface area (Å²) in [6.45, 7) is 3.24. The van der Waals surface area contributed by atoms with Crippen molar-refractivity contribution in [2.75, 3.05) is 26.7 Å². The number of hydrogen-bond donors (Lipinski definition) is 1. The van der Waals surface area contributed by atoms with Gasteiger partial charge >= 0.3 is 0 Å². The summed E-state index contributed by atoms with van der Waals surface area (Å²) < 4.78 is -0.283. The van der Waals surface area contributed by atoms with Gasteiger partial charge in [-0.25, -0.2) is 0 Å². The Labute approximate surface area is 126 Å². The average Bonchev–Trinajstić information content (AvgIpc) is 2.40. The number of rotatable bonds is 15. The molecule has 0 rings (SSSR count). The Morgan fingerprint density at radius 1 is 0.700 bits per heavy atom. The van der Waals surface area contributed by atoms with Gasteiger partial charge in [0, 0.05) is 0 Å². The average molecular weight is 287 g/mol. The third-order valence-electron chi connectivity index (χ3n) is 4.06. The first-order valence-corrected chi connectivity index (χ1v) is 8.79. The number of aliphatic hydroxyl groups excluding tert-OH is 1. The molecule has 0 spiro atoms. The Hall–Kier alpha value is -0.120. The van der Waals surface area contributed by atoms with Crippen LogP contribution in [0.25, 0.3) is 0 Å². The summed E-state index contributed by atoms with van der Waals surface area (Å²) >= 11 is 0. The van der Waals surface area contributed by atoms with E-state index in [9.17, 15) is 5.21 Å². The van der Waals surface area contributed by atoms with Gasteiger partial charge in [-0.15, -0.1) is 0 Å². The lowest BCUT2D eigenvalue weighted by atomic mass is 10.1. The molecule has 0 aromatic rings. The van der Waals surface area contributed by atoms with E-state index >= 15 is 0 Å². The zero-order valence-electron chi connectivity index (χ0n) is 13.9. The number of hydrogen-bond acceptors (Lipinski definition) is 2. The second-order valence-corrected chi connectivity index (χ2v) is 6.36. The minimum absolute atomic E-state index is 0.00173. The van der Waals surface area contributed by atoms with Crippen LogP contribution in [0.15, 0.2) is 0 Å². The molecule has 3 heteroatoms. The quantitative estimate of drug-likeness (QED) is 0.271. The Morgan fingerprint density at radius 2 is 1.10 bits per heavy atom. The van der Waals surface area contributed by atoms with Crippen LogP contribution in [0.2, 0.25) is 0 Å². The predicted molar refractivity (Wildman–Crippen MR) is 87.4 cm³/mol. The van der Waals surface area contributed by atoms with Crippen molar-refractivity contribution in [1.82, 2.24) is 0 Å². The third-order valence-corrected chi connectivity index (χ3v) is 4.06. The minimum atomic E-state index is -0.283. The van der Waals surface area contributed by atoms with Gasteiger partial charge < -0.3 is 15.0 Å². The molecule has 3 nitrogen and oxygen atoms in total. The van der Waals surface area contributed by atoms with Gasteiger partial charge in [0.1, 0.15) is 6.54 Å². The normalized spacial score (nSPS) is 14.4. The van der Waals surface area contributed by atoms with Crippen molar-refractivity contribution in [2.45, 2.75) is 84.0 Å². The molecule has 0 radical (unpaired) electrons. The minimum Gasteiger partial charge on any atom is -0.633 e. The predicted octanol–water partition coefficient (Wildman–Crippen LogP) is 4.62. The van der Waals surface area contributed by atoms with E-state index in [2.05, 4.69) is 6.92 Å². The number of unbranched alkanes of at least 4 members (excludes halogenated alkanes) is 11. The van der Waals surface area contributed by atoms with Crippen LogP contribution < -0.4 is 0 Å². The molecule has 0 bridgehead atoms. The van der Waals surface area contributed by atoms with Crippen molar-refractivity contribution >= 4 is 0 Å². The van der Waals surface area contributed by atoms with Crippen LogP contribution >= 0.6 is 0 Å². The summed E-state index contributed by atoms with van der Waals surface area (Å²) in [5.74, 6) is 0. The molecule has 0 amide bonds. The Bertz CT molecular complexity index is 195. The Morgan fingerprint density at radius 3 is 1.50 bits per heavy atom. The first kappa shape index (κ1) is 19.9. The van der Waals surface area contributed by atoms with Crippen molar-refractivity contribution in [3.8, 4) is 0 Å². The lowest BCUT2D eigenvalue weighted by molar-refractivity contribution is -0.861. The van der Waals surface area contributed by atoms with Crippen LogP contribution in [0.4, 0.5) is 0 Å². The highest BCUT2D eigenvalue weighted by atomic mass is 16.5. The zero-order valence-corrected chi connectivity index (χ0v) is 13.9. The molecule has 0 aliphatic heterocycles. The van der Waals surface area contributed by atoms with Crippen LogP contribution in [-0.2, 0) is 0 Å². The second-order valence-electron chi connectivity index (χ2n) is 6.36.